The first-order valence-electron chi connectivity index (χ1n) is 32.3. The summed E-state index contributed by atoms with van der Waals surface area (Å²) in [5.41, 5.74) is -3.76. The molecular weight excluding hydrogens is 1220 g/mol. The minimum Gasteiger partial charge on any atom is -0.497 e. The maximum Gasteiger partial charge on any atom is 0.335 e. The van der Waals surface area contributed by atoms with Crippen molar-refractivity contribution in [1.29, 1.82) is 0 Å². The SMILES string of the molecule is COc1ccc(/C=C/C(=O)O[C@H]2[C@@H](OC(C)=O)[C@H](O[C@@H]3O[C@@H](C)[C@H](O)[C@@H](O)[C@H]3O)[C@@H](OC(=O)[C@]34CCC(C)(C)C[C@H]3C3=CC[C@@H]5[C@@]6(C)CC[C@H](O[C@@H]7O[C@H](C(=O)O)[C@@H](O)[C@H](O)[C@H]7O[C@@H]7O[C@H](CO)[C@H](O)[C@H](O)[C@H]7O)[C@@](C)(C=O)[C@@H]6CC[C@@]5(C)[C@]3(C)C[C@H]4O)O[C@H]2C)cc1. The number of hydrogen-bond acceptors (Lipinski definition) is 26. The number of aldehydes is 1. The molecule has 8 fully saturated rings. The highest BCUT2D eigenvalue weighted by molar-refractivity contribution is 5.87. The van der Waals surface area contributed by atoms with Gasteiger partial charge >= 0.3 is 23.9 Å². The van der Waals surface area contributed by atoms with Gasteiger partial charge in [-0.05, 0) is 135 Å². The molecular formula is C66H94O27. The highest BCUT2D eigenvalue weighted by atomic mass is 16.8. The summed E-state index contributed by atoms with van der Waals surface area (Å²) in [6.45, 7) is 15.7. The summed E-state index contributed by atoms with van der Waals surface area (Å²) in [5, 5.41) is 121. The first-order chi connectivity index (χ1) is 43.6. The summed E-state index contributed by atoms with van der Waals surface area (Å²) < 4.78 is 66.2. The molecule has 1 aromatic carbocycles. The summed E-state index contributed by atoms with van der Waals surface area (Å²) in [5.74, 6) is -4.89. The Balaban J connectivity index is 0.940. The van der Waals surface area contributed by atoms with Crippen molar-refractivity contribution >= 4 is 36.2 Å². The lowest BCUT2D eigenvalue weighted by molar-refractivity contribution is -0.373. The van der Waals surface area contributed by atoms with Crippen LogP contribution in [-0.4, -0.2) is 235 Å². The van der Waals surface area contributed by atoms with E-state index in [4.69, 9.17) is 52.1 Å². The van der Waals surface area contributed by atoms with Crippen LogP contribution in [0.4, 0.5) is 0 Å². The number of aliphatic carboxylic acids is 1. The van der Waals surface area contributed by atoms with Crippen molar-refractivity contribution in [3.63, 3.8) is 0 Å². The second-order valence-electron chi connectivity index (χ2n) is 29.1. The van der Waals surface area contributed by atoms with Crippen LogP contribution < -0.4 is 4.74 Å². The summed E-state index contributed by atoms with van der Waals surface area (Å²) in [6.07, 6.45) is -28.3. The second-order valence-corrected chi connectivity index (χ2v) is 29.1. The first kappa shape index (κ1) is 71.2. The Morgan fingerprint density at radius 1 is 0.634 bits per heavy atom. The number of carbonyl (C=O) groups is 5. The third-order valence-electron chi connectivity index (χ3n) is 23.3. The molecule has 5 aliphatic carbocycles. The van der Waals surface area contributed by atoms with Crippen LogP contribution in [0, 0.1) is 50.2 Å². The fourth-order valence-corrected chi connectivity index (χ4v) is 17.8. The molecule has 4 aliphatic heterocycles. The van der Waals surface area contributed by atoms with E-state index < -0.39 is 204 Å². The van der Waals surface area contributed by atoms with Gasteiger partial charge in [0.25, 0.3) is 0 Å². The Morgan fingerprint density at radius 3 is 1.91 bits per heavy atom. The predicted octanol–water partition coefficient (Wildman–Crippen LogP) is 1.11. The van der Waals surface area contributed by atoms with Crippen LogP contribution in [0.25, 0.3) is 6.08 Å². The number of carbonyl (C=O) groups excluding carboxylic acids is 4. The van der Waals surface area contributed by atoms with Crippen LogP contribution >= 0.6 is 0 Å². The van der Waals surface area contributed by atoms with Gasteiger partial charge in [0, 0.05) is 13.0 Å². The molecule has 1 aromatic rings. The van der Waals surface area contributed by atoms with Gasteiger partial charge < -0.3 is 113 Å². The Labute approximate surface area is 539 Å². The van der Waals surface area contributed by atoms with Gasteiger partial charge in [0.05, 0.1) is 43.5 Å². The normalized spacial score (nSPS) is 47.9. The Morgan fingerprint density at radius 2 is 1.28 bits per heavy atom. The molecule has 4 saturated carbocycles. The number of hydrogen-bond donors (Lipinski definition) is 11. The van der Waals surface area contributed by atoms with Gasteiger partial charge in [-0.25, -0.2) is 9.59 Å². The highest BCUT2D eigenvalue weighted by Crippen LogP contribution is 2.76. The zero-order valence-corrected chi connectivity index (χ0v) is 54.1. The molecule has 0 radical (unpaired) electrons. The fraction of sp³-hybridized carbons (Fsp3) is 0.773. The lowest BCUT2D eigenvalue weighted by atomic mass is 9.33. The maximum absolute atomic E-state index is 15.9. The fourth-order valence-electron chi connectivity index (χ4n) is 17.8. The number of aliphatic hydroxyl groups excluding tert-OH is 10. The second kappa shape index (κ2) is 26.7. The molecule has 30 atom stereocenters. The van der Waals surface area contributed by atoms with Crippen molar-refractivity contribution in [2.75, 3.05) is 13.7 Å². The van der Waals surface area contributed by atoms with Crippen LogP contribution in [0.5, 0.6) is 5.75 Å². The van der Waals surface area contributed by atoms with Gasteiger partial charge in [-0.1, -0.05) is 65.3 Å². The van der Waals surface area contributed by atoms with E-state index in [1.807, 2.05) is 0 Å². The highest BCUT2D eigenvalue weighted by Gasteiger charge is 2.73. The van der Waals surface area contributed by atoms with E-state index in [0.29, 0.717) is 49.8 Å². The number of ether oxygens (including phenoxy) is 11. The number of allylic oxidation sites excluding steroid dienone is 2. The summed E-state index contributed by atoms with van der Waals surface area (Å²) >= 11 is 0. The van der Waals surface area contributed by atoms with Crippen molar-refractivity contribution < 1.29 is 132 Å². The Bertz CT molecular complexity index is 2960. The average molecular weight is 1320 g/mol. The molecule has 0 spiro atoms. The van der Waals surface area contributed by atoms with Gasteiger partial charge in [-0.15, -0.1) is 0 Å². The zero-order valence-electron chi connectivity index (χ0n) is 54.1. The van der Waals surface area contributed by atoms with Crippen molar-refractivity contribution in [2.45, 2.75) is 255 Å². The van der Waals surface area contributed by atoms with Crippen molar-refractivity contribution in [3.8, 4) is 5.75 Å². The van der Waals surface area contributed by atoms with Crippen molar-refractivity contribution in [1.82, 2.24) is 0 Å². The maximum atomic E-state index is 15.9. The standard InChI is InChI=1S/C66H94O27/c1-29-42(72)44(74)48(78)56(84-29)92-54-53(86-31(3)69)50(89-41(71)18-13-32-11-14-33(83-10)15-12-32)30(2)85-59(54)93-60(82)66-24-23-61(4,5)25-35(66)34-16-17-38-62(6)21-20-40(63(7,28-68)37(62)19-22-64(38,8)65(34,9)26-39(66)70)88-58-52(47(77)46(76)51(90-58)55(80)81)91-57-49(79)45(75)43(73)36(27-67)87-57/h11-16,18,28-30,35-40,42-54,56-59,67,70,72-79H,17,19-27H2,1-10H3,(H,80,81)/b18-13+/t29-,30-,35-,36+,37+,38+,39+,40-,42-,43-,44+,45-,46-,47-,48+,49+,50+,51-,52+,53+,54-,56-,57-,58+,59+,62-,63-,64+,65+,66+/m0/s1. The van der Waals surface area contributed by atoms with E-state index in [2.05, 4.69) is 40.7 Å². The molecule has 27 heteroatoms. The molecule has 0 unspecified atom stereocenters. The van der Waals surface area contributed by atoms with E-state index in [1.54, 1.807) is 31.2 Å². The third-order valence-corrected chi connectivity index (χ3v) is 23.3. The van der Waals surface area contributed by atoms with Crippen LogP contribution in [0.3, 0.4) is 0 Å². The molecule has 11 N–H and O–H groups in total. The number of methoxy groups -OCH3 is 1. The summed E-state index contributed by atoms with van der Waals surface area (Å²) in [6, 6.07) is 6.81. The molecule has 0 aromatic heterocycles. The lowest BCUT2D eigenvalue weighted by Crippen LogP contribution is -2.69. The van der Waals surface area contributed by atoms with E-state index in [0.717, 1.165) is 24.9 Å². The first-order valence-corrected chi connectivity index (χ1v) is 32.3. The molecule has 27 nitrogen and oxygen atoms in total. The number of benzene rings is 1. The quantitative estimate of drug-likeness (QED) is 0.0276. The van der Waals surface area contributed by atoms with Gasteiger partial charge in [0.1, 0.15) is 78.5 Å². The van der Waals surface area contributed by atoms with Crippen molar-refractivity contribution in [2.24, 2.45) is 50.2 Å². The molecule has 0 bridgehead atoms. The molecule has 0 amide bonds. The Hall–Kier alpha value is -4.63. The lowest BCUT2D eigenvalue weighted by Gasteiger charge is -2.71. The molecule has 93 heavy (non-hydrogen) atoms. The molecule has 520 valence electrons. The van der Waals surface area contributed by atoms with Crippen LogP contribution in [0.2, 0.25) is 0 Å². The minimum absolute atomic E-state index is 0.0866. The molecule has 10 rings (SSSR count). The number of carboxylic acids is 1. The number of aliphatic hydroxyl groups is 10. The monoisotopic (exact) mass is 1320 g/mol. The van der Waals surface area contributed by atoms with Gasteiger partial charge in [0.2, 0.25) is 6.29 Å². The van der Waals surface area contributed by atoms with Crippen LogP contribution in [-0.2, 0) is 71.3 Å². The number of carboxylic acid groups (broad SMARTS) is 1. The Kier molecular flexibility index (Phi) is 20.4. The minimum atomic E-state index is -2.10. The number of rotatable bonds is 16. The van der Waals surface area contributed by atoms with Gasteiger partial charge in [-0.3, -0.25) is 9.59 Å². The van der Waals surface area contributed by atoms with Crippen molar-refractivity contribution in [3.05, 3.63) is 47.6 Å². The number of fused-ring (bicyclic) bond motifs is 7. The molecule has 4 heterocycles. The average Bonchev–Trinajstić information content (AvgIpc) is 0.672. The number of esters is 3. The van der Waals surface area contributed by atoms with E-state index in [9.17, 15) is 75.3 Å². The topological polar surface area (TPSA) is 409 Å². The van der Waals surface area contributed by atoms with E-state index in [-0.39, 0.29) is 30.6 Å². The predicted molar refractivity (Wildman–Crippen MR) is 318 cm³/mol. The zero-order chi connectivity index (χ0) is 68.0. The van der Waals surface area contributed by atoms with E-state index >= 15 is 4.79 Å². The third kappa shape index (κ3) is 12.4. The van der Waals surface area contributed by atoms with E-state index in [1.165, 1.54) is 27.0 Å². The largest absolute Gasteiger partial charge is 0.497 e. The summed E-state index contributed by atoms with van der Waals surface area (Å²) in [7, 11) is 1.52. The summed E-state index contributed by atoms with van der Waals surface area (Å²) in [4.78, 5) is 69.2. The molecule has 9 aliphatic rings. The van der Waals surface area contributed by atoms with Gasteiger partial charge in [-0.2, -0.15) is 0 Å². The molecule has 4 saturated heterocycles. The van der Waals surface area contributed by atoms with Crippen LogP contribution in [0.15, 0.2) is 42.0 Å². The smallest absolute Gasteiger partial charge is 0.335 e. The van der Waals surface area contributed by atoms with Crippen LogP contribution in [0.1, 0.15) is 126 Å². The van der Waals surface area contributed by atoms with Gasteiger partial charge in [0.15, 0.2) is 43.3 Å².